The fraction of sp³-hybridized carbons (Fsp3) is 0.333. The van der Waals surface area contributed by atoms with E-state index in [1.807, 2.05) is 14.1 Å². The molecule has 0 bridgehead atoms. The summed E-state index contributed by atoms with van der Waals surface area (Å²) in [4.78, 5) is 0. The van der Waals surface area contributed by atoms with Crippen molar-refractivity contribution in [1.29, 1.82) is 0 Å². The minimum atomic E-state index is 1.14. The zero-order valence-corrected chi connectivity index (χ0v) is 7.23. The quantitative estimate of drug-likeness (QED) is 0.674. The van der Waals surface area contributed by atoms with E-state index in [0.29, 0.717) is 0 Å². The lowest BCUT2D eigenvalue weighted by Crippen LogP contribution is -1.96. The number of aryl methyl sites for hydroxylation is 1. The number of nitrogens with one attached hydrogen (secondary N) is 2. The molecule has 0 spiro atoms. The van der Waals surface area contributed by atoms with Gasteiger partial charge >= 0.3 is 0 Å². The molecule has 0 heterocycles. The van der Waals surface area contributed by atoms with Gasteiger partial charge in [0.25, 0.3) is 0 Å². The Morgan fingerprint density at radius 1 is 1.00 bits per heavy atom. The summed E-state index contributed by atoms with van der Waals surface area (Å²) in [6.45, 7) is 2.08. The van der Waals surface area contributed by atoms with Crippen LogP contribution < -0.4 is 10.6 Å². The van der Waals surface area contributed by atoms with E-state index in [2.05, 4.69) is 35.8 Å². The van der Waals surface area contributed by atoms with E-state index >= 15 is 0 Å². The Morgan fingerprint density at radius 2 is 1.64 bits per heavy atom. The van der Waals surface area contributed by atoms with E-state index in [9.17, 15) is 0 Å². The van der Waals surface area contributed by atoms with Gasteiger partial charge in [-0.15, -0.1) is 0 Å². The summed E-state index contributed by atoms with van der Waals surface area (Å²) < 4.78 is 0. The molecule has 0 unspecified atom stereocenters. The van der Waals surface area contributed by atoms with Gasteiger partial charge in [-0.25, -0.2) is 0 Å². The molecular weight excluding hydrogens is 136 g/mol. The largest absolute Gasteiger partial charge is 0.386 e. The molecule has 0 aromatic heterocycles. The fourth-order valence-electron chi connectivity index (χ4n) is 1.08. The van der Waals surface area contributed by atoms with Gasteiger partial charge in [-0.2, -0.15) is 0 Å². The molecule has 1 aromatic carbocycles. The summed E-state index contributed by atoms with van der Waals surface area (Å²) in [5.74, 6) is 0. The molecule has 11 heavy (non-hydrogen) atoms. The predicted molar refractivity (Wildman–Crippen MR) is 50.3 cm³/mol. The van der Waals surface area contributed by atoms with Gasteiger partial charge in [0.15, 0.2) is 0 Å². The van der Waals surface area contributed by atoms with Crippen LogP contribution in [-0.2, 0) is 0 Å². The Balaban J connectivity index is 3.06. The van der Waals surface area contributed by atoms with Crippen molar-refractivity contribution in [3.05, 3.63) is 23.8 Å². The molecule has 0 aliphatic carbocycles. The van der Waals surface area contributed by atoms with Crippen LogP contribution in [0.3, 0.4) is 0 Å². The number of anilines is 2. The van der Waals surface area contributed by atoms with Crippen LogP contribution in [0.2, 0.25) is 0 Å². The summed E-state index contributed by atoms with van der Waals surface area (Å²) in [5, 5.41) is 6.24. The van der Waals surface area contributed by atoms with Crippen LogP contribution in [0.15, 0.2) is 18.2 Å². The lowest BCUT2D eigenvalue weighted by Gasteiger charge is -2.08. The van der Waals surface area contributed by atoms with Gasteiger partial charge in [0.05, 0.1) is 11.4 Å². The Labute approximate surface area is 67.6 Å². The van der Waals surface area contributed by atoms with Crippen molar-refractivity contribution in [2.24, 2.45) is 0 Å². The van der Waals surface area contributed by atoms with Crippen LogP contribution in [0.4, 0.5) is 11.4 Å². The summed E-state index contributed by atoms with van der Waals surface area (Å²) in [6, 6.07) is 6.28. The highest BCUT2D eigenvalue weighted by Gasteiger charge is 1.96. The Bertz CT molecular complexity index is 243. The van der Waals surface area contributed by atoms with Gasteiger partial charge in [0, 0.05) is 14.1 Å². The maximum absolute atomic E-state index is 3.12. The molecule has 0 saturated heterocycles. The highest BCUT2D eigenvalue weighted by atomic mass is 14.9. The normalized spacial score (nSPS) is 9.36. The Morgan fingerprint density at radius 3 is 2.18 bits per heavy atom. The minimum Gasteiger partial charge on any atom is -0.386 e. The molecule has 0 atom stereocenters. The maximum Gasteiger partial charge on any atom is 0.0575 e. The van der Waals surface area contributed by atoms with Gasteiger partial charge in [-0.3, -0.25) is 0 Å². The smallest absolute Gasteiger partial charge is 0.0575 e. The van der Waals surface area contributed by atoms with Crippen LogP contribution in [0.5, 0.6) is 0 Å². The average Bonchev–Trinajstić information content (AvgIpc) is 2.04. The molecule has 2 N–H and O–H groups in total. The molecule has 0 saturated carbocycles. The number of rotatable bonds is 2. The molecule has 0 aliphatic rings. The third-order valence-electron chi connectivity index (χ3n) is 1.71. The highest BCUT2D eigenvalue weighted by molar-refractivity contribution is 5.69. The first-order valence-corrected chi connectivity index (χ1v) is 3.74. The van der Waals surface area contributed by atoms with Gasteiger partial charge in [0.1, 0.15) is 0 Å². The van der Waals surface area contributed by atoms with Crippen LogP contribution in [0.25, 0.3) is 0 Å². The van der Waals surface area contributed by atoms with Gasteiger partial charge < -0.3 is 10.6 Å². The van der Waals surface area contributed by atoms with Crippen LogP contribution in [-0.4, -0.2) is 14.1 Å². The second-order valence-corrected chi connectivity index (χ2v) is 2.55. The van der Waals surface area contributed by atoms with E-state index in [0.717, 1.165) is 11.4 Å². The first-order chi connectivity index (χ1) is 5.27. The Hall–Kier alpha value is -1.18. The lowest BCUT2D eigenvalue weighted by molar-refractivity contribution is 1.40. The fourth-order valence-corrected chi connectivity index (χ4v) is 1.08. The number of hydrogen-bond donors (Lipinski definition) is 2. The zero-order valence-electron chi connectivity index (χ0n) is 7.23. The van der Waals surface area contributed by atoms with Gasteiger partial charge in [-0.1, -0.05) is 6.07 Å². The second-order valence-electron chi connectivity index (χ2n) is 2.55. The Kier molecular flexibility index (Phi) is 2.36. The van der Waals surface area contributed by atoms with Crippen molar-refractivity contribution in [3.63, 3.8) is 0 Å². The molecule has 0 amide bonds. The zero-order chi connectivity index (χ0) is 8.27. The maximum atomic E-state index is 3.12. The van der Waals surface area contributed by atoms with Crippen molar-refractivity contribution in [2.75, 3.05) is 24.7 Å². The van der Waals surface area contributed by atoms with Crippen LogP contribution >= 0.6 is 0 Å². The third-order valence-corrected chi connectivity index (χ3v) is 1.71. The van der Waals surface area contributed by atoms with Crippen molar-refractivity contribution < 1.29 is 0 Å². The number of hydrogen-bond acceptors (Lipinski definition) is 2. The van der Waals surface area contributed by atoms with E-state index < -0.39 is 0 Å². The SMILES string of the molecule is CNc1ccc(C)cc1NC. The monoisotopic (exact) mass is 150 g/mol. The van der Waals surface area contributed by atoms with Crippen LogP contribution in [0.1, 0.15) is 5.56 Å². The van der Waals surface area contributed by atoms with E-state index in [1.54, 1.807) is 0 Å². The molecule has 2 nitrogen and oxygen atoms in total. The topological polar surface area (TPSA) is 24.1 Å². The average molecular weight is 150 g/mol. The molecule has 2 heteroatoms. The van der Waals surface area contributed by atoms with Crippen LogP contribution in [0, 0.1) is 6.92 Å². The summed E-state index contributed by atoms with van der Waals surface area (Å²) in [6.07, 6.45) is 0. The highest BCUT2D eigenvalue weighted by Crippen LogP contribution is 2.21. The lowest BCUT2D eigenvalue weighted by atomic mass is 10.2. The minimum absolute atomic E-state index is 1.14. The standard InChI is InChI=1S/C9H14N2/c1-7-4-5-8(10-2)9(6-7)11-3/h4-6,10-11H,1-3H3. The molecule has 1 aromatic rings. The third kappa shape index (κ3) is 1.64. The predicted octanol–water partition coefficient (Wildman–Crippen LogP) is 2.08. The number of benzene rings is 1. The summed E-state index contributed by atoms with van der Waals surface area (Å²) >= 11 is 0. The van der Waals surface area contributed by atoms with Gasteiger partial charge in [0.2, 0.25) is 0 Å². The first kappa shape index (κ1) is 7.92. The molecule has 0 fully saturated rings. The molecule has 60 valence electrons. The van der Waals surface area contributed by atoms with Crippen molar-refractivity contribution in [2.45, 2.75) is 6.92 Å². The molecule has 0 radical (unpaired) electrons. The summed E-state index contributed by atoms with van der Waals surface area (Å²) in [5.41, 5.74) is 3.55. The van der Waals surface area contributed by atoms with Crippen molar-refractivity contribution >= 4 is 11.4 Å². The first-order valence-electron chi connectivity index (χ1n) is 3.74. The van der Waals surface area contributed by atoms with Crippen molar-refractivity contribution in [3.8, 4) is 0 Å². The molecule has 1 rings (SSSR count). The van der Waals surface area contributed by atoms with E-state index in [-0.39, 0.29) is 0 Å². The van der Waals surface area contributed by atoms with Gasteiger partial charge in [-0.05, 0) is 24.6 Å². The molecule has 0 aliphatic heterocycles. The van der Waals surface area contributed by atoms with E-state index in [1.165, 1.54) is 5.56 Å². The summed E-state index contributed by atoms with van der Waals surface area (Å²) in [7, 11) is 3.85. The molecular formula is C9H14N2. The second kappa shape index (κ2) is 3.28. The van der Waals surface area contributed by atoms with Crippen molar-refractivity contribution in [1.82, 2.24) is 0 Å². The van der Waals surface area contributed by atoms with E-state index in [4.69, 9.17) is 0 Å².